The van der Waals surface area contributed by atoms with Crippen molar-refractivity contribution in [1.82, 2.24) is 0 Å². The fraction of sp³-hybridized carbons (Fsp3) is 0.435. The van der Waals surface area contributed by atoms with Gasteiger partial charge >= 0.3 is 0 Å². The number of hydrogen-bond acceptors (Lipinski definition) is 1. The van der Waals surface area contributed by atoms with Crippen LogP contribution in [-0.4, -0.2) is 5.78 Å². The van der Waals surface area contributed by atoms with E-state index in [2.05, 4.69) is 25.1 Å². The summed E-state index contributed by atoms with van der Waals surface area (Å²) in [7, 11) is 0. The summed E-state index contributed by atoms with van der Waals surface area (Å²) in [5.74, 6) is 2.34. The lowest BCUT2D eigenvalue weighted by Gasteiger charge is -2.40. The minimum Gasteiger partial charge on any atom is -0.294 e. The highest BCUT2D eigenvalue weighted by molar-refractivity contribution is 6.30. The van der Waals surface area contributed by atoms with Crippen molar-refractivity contribution < 1.29 is 4.79 Å². The Bertz CT molecular complexity index is 764. The van der Waals surface area contributed by atoms with Crippen LogP contribution in [0.15, 0.2) is 48.5 Å². The Morgan fingerprint density at radius 1 is 0.960 bits per heavy atom. The molecule has 1 saturated carbocycles. The molecular weight excluding hydrogens is 328 g/mol. The Kier molecular flexibility index (Phi) is 4.69. The van der Waals surface area contributed by atoms with Gasteiger partial charge in [0.2, 0.25) is 0 Å². The van der Waals surface area contributed by atoms with E-state index in [1.54, 1.807) is 0 Å². The Morgan fingerprint density at radius 3 is 2.48 bits per heavy atom. The maximum Gasteiger partial charge on any atom is 0.166 e. The molecule has 4 unspecified atom stereocenters. The second-order valence-electron chi connectivity index (χ2n) is 7.87. The number of aryl methyl sites for hydroxylation is 1. The average molecular weight is 353 g/mol. The van der Waals surface area contributed by atoms with E-state index >= 15 is 0 Å². The number of halogens is 1. The van der Waals surface area contributed by atoms with Crippen molar-refractivity contribution in [2.45, 2.75) is 44.9 Å². The van der Waals surface area contributed by atoms with Crippen LogP contribution < -0.4 is 0 Å². The van der Waals surface area contributed by atoms with Crippen LogP contribution in [0.4, 0.5) is 0 Å². The number of Topliss-reactive ketones (excluding diaryl/α,β-unsaturated/α-hetero) is 1. The fourth-order valence-electron chi connectivity index (χ4n) is 5.08. The Labute approximate surface area is 155 Å². The van der Waals surface area contributed by atoms with E-state index in [9.17, 15) is 4.79 Å². The van der Waals surface area contributed by atoms with Gasteiger partial charge < -0.3 is 0 Å². The lowest BCUT2D eigenvalue weighted by molar-refractivity contribution is 0.0745. The molecule has 0 aliphatic heterocycles. The third kappa shape index (κ3) is 3.27. The predicted molar refractivity (Wildman–Crippen MR) is 103 cm³/mol. The summed E-state index contributed by atoms with van der Waals surface area (Å²) < 4.78 is 0. The summed E-state index contributed by atoms with van der Waals surface area (Å²) in [4.78, 5) is 13.0. The van der Waals surface area contributed by atoms with E-state index < -0.39 is 0 Å². The van der Waals surface area contributed by atoms with Crippen molar-refractivity contribution in [3.8, 4) is 0 Å². The molecule has 0 spiro atoms. The zero-order chi connectivity index (χ0) is 17.4. The van der Waals surface area contributed by atoms with Crippen LogP contribution in [0.5, 0.6) is 0 Å². The molecule has 0 aromatic heterocycles. The second-order valence-corrected chi connectivity index (χ2v) is 8.31. The van der Waals surface area contributed by atoms with E-state index in [1.807, 2.05) is 30.3 Å². The van der Waals surface area contributed by atoms with Gasteiger partial charge in [-0.15, -0.1) is 0 Å². The van der Waals surface area contributed by atoms with Crippen molar-refractivity contribution in [3.63, 3.8) is 0 Å². The van der Waals surface area contributed by atoms with Gasteiger partial charge in [0.1, 0.15) is 0 Å². The molecule has 130 valence electrons. The lowest BCUT2D eigenvalue weighted by atomic mass is 9.64. The van der Waals surface area contributed by atoms with Gasteiger partial charge in [0, 0.05) is 16.5 Å². The molecule has 0 bridgehead atoms. The molecule has 2 aromatic rings. The molecular formula is C23H25ClO. The molecule has 0 saturated heterocycles. The van der Waals surface area contributed by atoms with E-state index in [1.165, 1.54) is 24.0 Å². The van der Waals surface area contributed by atoms with E-state index in [0.29, 0.717) is 23.5 Å². The molecule has 2 aromatic carbocycles. The second kappa shape index (κ2) is 6.96. The zero-order valence-electron chi connectivity index (χ0n) is 14.7. The van der Waals surface area contributed by atoms with Gasteiger partial charge in [-0.25, -0.2) is 0 Å². The normalized spacial score (nSPS) is 29.3. The SMILES string of the molecule is CC1CC(c2ccc(Cl)cc2)CCC1C1CCc2ccccc2C1=O. The largest absolute Gasteiger partial charge is 0.294 e. The molecule has 0 amide bonds. The van der Waals surface area contributed by atoms with E-state index in [0.717, 1.165) is 29.8 Å². The number of hydrogen-bond donors (Lipinski definition) is 0. The van der Waals surface area contributed by atoms with Crippen LogP contribution in [0.25, 0.3) is 0 Å². The summed E-state index contributed by atoms with van der Waals surface area (Å²) in [5, 5.41) is 0.803. The first-order valence-corrected chi connectivity index (χ1v) is 9.89. The number of carbonyl (C=O) groups excluding carboxylic acids is 1. The summed E-state index contributed by atoms with van der Waals surface area (Å²) in [5.41, 5.74) is 3.62. The lowest BCUT2D eigenvalue weighted by Crippen LogP contribution is -2.35. The molecule has 1 nitrogen and oxygen atoms in total. The standard InChI is InChI=1S/C23H25ClO/c1-15-14-18(16-6-10-19(24)11-7-16)9-12-20(15)22-13-8-17-4-2-3-5-21(17)23(22)25/h2-7,10-11,15,18,20,22H,8-9,12-14H2,1H3. The molecule has 25 heavy (non-hydrogen) atoms. The third-order valence-corrected chi connectivity index (χ3v) is 6.69. The number of ketones is 1. The summed E-state index contributed by atoms with van der Waals surface area (Å²) in [6.45, 7) is 2.35. The Balaban J connectivity index is 1.48. The van der Waals surface area contributed by atoms with Gasteiger partial charge in [0.25, 0.3) is 0 Å². The highest BCUT2D eigenvalue weighted by atomic mass is 35.5. The van der Waals surface area contributed by atoms with Gasteiger partial charge in [0.15, 0.2) is 5.78 Å². The number of fused-ring (bicyclic) bond motifs is 1. The molecule has 1 fully saturated rings. The maximum atomic E-state index is 13.0. The van der Waals surface area contributed by atoms with Crippen LogP contribution in [0, 0.1) is 17.8 Å². The van der Waals surface area contributed by atoms with Gasteiger partial charge in [-0.1, -0.05) is 54.9 Å². The minimum absolute atomic E-state index is 0.219. The minimum atomic E-state index is 0.219. The van der Waals surface area contributed by atoms with Crippen LogP contribution in [-0.2, 0) is 6.42 Å². The van der Waals surface area contributed by atoms with Crippen molar-refractivity contribution in [2.75, 3.05) is 0 Å². The molecule has 4 rings (SSSR count). The maximum absolute atomic E-state index is 13.0. The van der Waals surface area contributed by atoms with Crippen molar-refractivity contribution in [3.05, 3.63) is 70.2 Å². The molecule has 2 aliphatic carbocycles. The monoisotopic (exact) mass is 352 g/mol. The topological polar surface area (TPSA) is 17.1 Å². The highest BCUT2D eigenvalue weighted by Crippen LogP contribution is 2.45. The number of rotatable bonds is 2. The first-order chi connectivity index (χ1) is 12.1. The van der Waals surface area contributed by atoms with Gasteiger partial charge in [-0.2, -0.15) is 0 Å². The van der Waals surface area contributed by atoms with Crippen LogP contribution in [0.1, 0.15) is 60.0 Å². The number of benzene rings is 2. The third-order valence-electron chi connectivity index (χ3n) is 6.44. The summed E-state index contributed by atoms with van der Waals surface area (Å²) in [6.07, 6.45) is 5.60. The van der Waals surface area contributed by atoms with Crippen LogP contribution in [0.3, 0.4) is 0 Å². The molecule has 4 atom stereocenters. The first kappa shape index (κ1) is 16.8. The van der Waals surface area contributed by atoms with Crippen molar-refractivity contribution >= 4 is 17.4 Å². The van der Waals surface area contributed by atoms with Gasteiger partial charge in [-0.05, 0) is 73.1 Å². The molecule has 2 heteroatoms. The van der Waals surface area contributed by atoms with Crippen LogP contribution in [0.2, 0.25) is 5.02 Å². The molecule has 0 heterocycles. The predicted octanol–water partition coefficient (Wildman–Crippen LogP) is 6.31. The smallest absolute Gasteiger partial charge is 0.166 e. The highest BCUT2D eigenvalue weighted by Gasteiger charge is 2.39. The fourth-order valence-corrected chi connectivity index (χ4v) is 5.21. The van der Waals surface area contributed by atoms with Crippen molar-refractivity contribution in [1.29, 1.82) is 0 Å². The summed E-state index contributed by atoms with van der Waals surface area (Å²) in [6, 6.07) is 16.5. The van der Waals surface area contributed by atoms with Gasteiger partial charge in [0.05, 0.1) is 0 Å². The molecule has 0 N–H and O–H groups in total. The van der Waals surface area contributed by atoms with Gasteiger partial charge in [-0.3, -0.25) is 4.79 Å². The van der Waals surface area contributed by atoms with E-state index in [-0.39, 0.29) is 5.92 Å². The Morgan fingerprint density at radius 2 is 1.72 bits per heavy atom. The average Bonchev–Trinajstić information content (AvgIpc) is 2.63. The van der Waals surface area contributed by atoms with Crippen LogP contribution >= 0.6 is 11.6 Å². The molecule has 2 aliphatic rings. The van der Waals surface area contributed by atoms with E-state index in [4.69, 9.17) is 11.6 Å². The zero-order valence-corrected chi connectivity index (χ0v) is 15.5. The first-order valence-electron chi connectivity index (χ1n) is 9.51. The molecule has 0 radical (unpaired) electrons. The number of carbonyl (C=O) groups is 1. The Hall–Kier alpha value is -1.60. The van der Waals surface area contributed by atoms with Crippen molar-refractivity contribution in [2.24, 2.45) is 17.8 Å². The quantitative estimate of drug-likeness (QED) is 0.619. The summed E-state index contributed by atoms with van der Waals surface area (Å²) >= 11 is 6.02.